The van der Waals surface area contributed by atoms with Crippen molar-refractivity contribution < 1.29 is 103 Å². The lowest BCUT2D eigenvalue weighted by Crippen LogP contribution is -2.34. The number of aryl methyl sites for hydroxylation is 1. The van der Waals surface area contributed by atoms with Crippen molar-refractivity contribution in [1.29, 1.82) is 0 Å². The van der Waals surface area contributed by atoms with Gasteiger partial charge in [0.15, 0.2) is 28.9 Å². The molecule has 6 aromatic rings. The predicted molar refractivity (Wildman–Crippen MR) is 247 cm³/mol. The minimum Gasteiger partial charge on any atom is -0.387 e. The first-order chi connectivity index (χ1) is 35.7. The molecule has 0 aliphatic carbocycles. The van der Waals surface area contributed by atoms with E-state index in [0.717, 1.165) is 17.2 Å². The van der Waals surface area contributed by atoms with E-state index >= 15 is 0 Å². The summed E-state index contributed by atoms with van der Waals surface area (Å²) in [5, 5.41) is 33.0. The molecule has 416 valence electrons. The molecule has 0 spiro atoms. The van der Waals surface area contributed by atoms with Gasteiger partial charge in [-0.25, -0.2) is 42.8 Å². The maximum absolute atomic E-state index is 13.5. The molecule has 9 heterocycles. The highest BCUT2D eigenvalue weighted by atomic mass is 31.3. The topological polar surface area (TPSA) is 542 Å². The van der Waals surface area contributed by atoms with Gasteiger partial charge in [0.25, 0.3) is 16.7 Å². The summed E-state index contributed by atoms with van der Waals surface area (Å²) in [6.07, 6.45) is -10.7. The number of aliphatic hydroxyl groups is 3. The van der Waals surface area contributed by atoms with Crippen LogP contribution < -0.4 is 32.9 Å². The average molecular weight is 1160 g/mol. The van der Waals surface area contributed by atoms with Crippen molar-refractivity contribution in [1.82, 2.24) is 53.6 Å². The highest BCUT2D eigenvalue weighted by Gasteiger charge is 2.51. The Balaban J connectivity index is 0.847. The van der Waals surface area contributed by atoms with Crippen LogP contribution in [0, 0.1) is 5.92 Å². The van der Waals surface area contributed by atoms with Crippen LogP contribution >= 0.6 is 31.3 Å². The Bertz CT molecular complexity index is 3470. The van der Waals surface area contributed by atoms with Crippen molar-refractivity contribution in [2.24, 2.45) is 13.0 Å². The minimum atomic E-state index is -6.14. The lowest BCUT2D eigenvalue weighted by atomic mass is 9.95. The first kappa shape index (κ1) is 55.6. The number of H-pyrrole nitrogens is 2. The normalized spacial score (nSPS) is 29.2. The number of phosphoric acid groups is 4. The van der Waals surface area contributed by atoms with Crippen molar-refractivity contribution in [2.45, 2.75) is 74.3 Å². The van der Waals surface area contributed by atoms with Gasteiger partial charge < -0.3 is 71.0 Å². The fraction of sp³-hybridized carbons (Fsp3) is 0.559. The molecule has 15 atom stereocenters. The number of hydrogen-bond donors (Lipinski definition) is 12. The van der Waals surface area contributed by atoms with Gasteiger partial charge >= 0.3 is 36.9 Å². The van der Waals surface area contributed by atoms with Crippen LogP contribution in [0.25, 0.3) is 33.5 Å². The van der Waals surface area contributed by atoms with Gasteiger partial charge in [0, 0.05) is 26.1 Å². The van der Waals surface area contributed by atoms with E-state index in [1.807, 2.05) is 0 Å². The number of fused-ring (bicyclic) bond motifs is 3. The third-order valence-corrected chi connectivity index (χ3v) is 17.3. The number of nitrogens with zero attached hydrogens (tertiary/aromatic N) is 10. The Morgan fingerprint density at radius 3 is 1.99 bits per heavy atom. The van der Waals surface area contributed by atoms with Crippen LogP contribution in [0.4, 0.5) is 17.7 Å². The zero-order chi connectivity index (χ0) is 54.8. The summed E-state index contributed by atoms with van der Waals surface area (Å²) in [7, 11) is -20.2. The minimum absolute atomic E-state index is 0.000640. The zero-order valence-electron chi connectivity index (χ0n) is 39.1. The summed E-state index contributed by atoms with van der Waals surface area (Å²) >= 11 is 0. The smallest absolute Gasteiger partial charge is 0.387 e. The summed E-state index contributed by atoms with van der Waals surface area (Å²) in [6, 6.07) is 0. The maximum atomic E-state index is 13.5. The van der Waals surface area contributed by atoms with E-state index in [2.05, 4.69) is 48.5 Å². The number of anilines is 3. The van der Waals surface area contributed by atoms with E-state index in [-0.39, 0.29) is 64.2 Å². The van der Waals surface area contributed by atoms with E-state index < -0.39 is 136 Å². The number of nitrogen functional groups attached to an aromatic ring is 3. The van der Waals surface area contributed by atoms with Crippen LogP contribution in [0.2, 0.25) is 0 Å². The molecule has 5 unspecified atom stereocenters. The van der Waals surface area contributed by atoms with Gasteiger partial charge in [0.1, 0.15) is 54.7 Å². The number of phosphoric ester groups is 3. The molecule has 76 heavy (non-hydrogen) atoms. The van der Waals surface area contributed by atoms with E-state index in [4.69, 9.17) is 54.2 Å². The molecule has 3 saturated heterocycles. The quantitative estimate of drug-likeness (QED) is 0.0252. The van der Waals surface area contributed by atoms with E-state index in [0.29, 0.717) is 0 Å². The molecule has 0 amide bonds. The molecule has 0 saturated carbocycles. The Labute approximate surface area is 422 Å². The molecule has 42 heteroatoms. The first-order valence-corrected chi connectivity index (χ1v) is 28.0. The highest BCUT2D eigenvalue weighted by Crippen LogP contribution is 2.68. The highest BCUT2D eigenvalue weighted by molar-refractivity contribution is 7.66. The molecule has 0 bridgehead atoms. The molecule has 15 N–H and O–H groups in total. The van der Waals surface area contributed by atoms with Crippen LogP contribution in [0.5, 0.6) is 0 Å². The van der Waals surface area contributed by atoms with Crippen molar-refractivity contribution in [3.05, 3.63) is 46.0 Å². The number of aromatic nitrogens is 12. The van der Waals surface area contributed by atoms with Gasteiger partial charge in [-0.1, -0.05) is 0 Å². The van der Waals surface area contributed by atoms with Gasteiger partial charge in [-0.3, -0.25) is 46.8 Å². The third kappa shape index (κ3) is 11.5. The fourth-order valence-electron chi connectivity index (χ4n) is 8.72. The molecule has 3 fully saturated rings. The number of rotatable bonds is 21. The Morgan fingerprint density at radius 1 is 0.697 bits per heavy atom. The first-order valence-electron chi connectivity index (χ1n) is 22.0. The number of nitrogens with two attached hydrogens (primary N) is 3. The molecular weight excluding hydrogens is 1110 g/mol. The van der Waals surface area contributed by atoms with Gasteiger partial charge in [-0.05, 0) is 6.42 Å². The fourth-order valence-corrected chi connectivity index (χ4v) is 13.2. The molecule has 0 aromatic carbocycles. The second-order valence-corrected chi connectivity index (χ2v) is 23.1. The maximum Gasteiger partial charge on any atom is 0.490 e. The van der Waals surface area contributed by atoms with Gasteiger partial charge in [0.2, 0.25) is 24.5 Å². The lowest BCUT2D eigenvalue weighted by molar-refractivity contribution is -0.646. The summed E-state index contributed by atoms with van der Waals surface area (Å²) in [6.45, 7) is -2.98. The van der Waals surface area contributed by atoms with Crippen molar-refractivity contribution in [3.8, 4) is 0 Å². The largest absolute Gasteiger partial charge is 0.490 e. The van der Waals surface area contributed by atoms with Crippen LogP contribution in [0.1, 0.15) is 31.5 Å². The van der Waals surface area contributed by atoms with Crippen LogP contribution in [-0.2, 0) is 71.0 Å². The summed E-state index contributed by atoms with van der Waals surface area (Å²) in [5.74, 6) is -1.53. The monoisotopic (exact) mass is 1160 g/mol. The van der Waals surface area contributed by atoms with Gasteiger partial charge in [-0.15, -0.1) is 0 Å². The molecular formula is C34H48N15O23P4+. The Kier molecular flexibility index (Phi) is 15.6. The van der Waals surface area contributed by atoms with E-state index in [9.17, 15) is 62.7 Å². The SMILES string of the molecule is COCC[C@H]1[C@@H](O)[C@H](n2c[n+](C)c3c(=O)[nH]c(N)nc32)O[C@@H]1COP(=O)(O)OP(=O)(O)OP(=O)(O)OCC1O[C@@H](n2cnc3c(N)ncnc32)C[C@@H]1OP(=O)(O)OC[C@H]1O[C@@H](n2cnc3c(=O)[nH]c(N)nc32)[C@H](O)[C@@H]1O. The van der Waals surface area contributed by atoms with E-state index in [1.54, 1.807) is 0 Å². The standard InChI is InChI=1S/C34H47N15O23P4/c1-46-12-49(28-21(46)30(54)45-34(37)43-28)31-22(50)13(3-4-63-2)15(68-31)6-65-74(57,58)71-76(61,62)72-75(59,60)66-7-16-14(5-18(67-16)47-10-40-19-25(35)38-9-39-26(19)47)70-73(55,56)64-8-17-23(51)24(52)32(69-17)48-11-41-20-27(48)42-33(36)44-29(20)53/h9-18,22-24,31-32,50-52H,3-8H2,1-2H3,(H11-,35,36,37,38,39,42,43,44,45,53,54,55,56,57,58,59,60,61,62)/p+1/t13-,14+,15-,16?,17-,18-,22-,23-,24-,31-,32-/m1/s1. The number of nitrogens with one attached hydrogen (secondary N) is 2. The Morgan fingerprint density at radius 2 is 1.29 bits per heavy atom. The summed E-state index contributed by atoms with van der Waals surface area (Å²) in [4.78, 5) is 96.1. The molecule has 3 aliphatic rings. The predicted octanol–water partition coefficient (Wildman–Crippen LogP) is -3.04. The lowest BCUT2D eigenvalue weighted by Gasteiger charge is -2.24. The number of hydrogen-bond acceptors (Lipinski definition) is 28. The van der Waals surface area contributed by atoms with Crippen LogP contribution in [0.15, 0.2) is 34.9 Å². The number of aromatic amines is 2. The average Bonchev–Trinajstić information content (AvgIpc) is 4.19. The second-order valence-electron chi connectivity index (χ2n) is 17.1. The molecule has 9 rings (SSSR count). The number of methoxy groups -OCH3 is 1. The van der Waals surface area contributed by atoms with E-state index in [1.165, 1.54) is 40.5 Å². The summed E-state index contributed by atoms with van der Waals surface area (Å²) < 4.78 is 110. The zero-order valence-corrected chi connectivity index (χ0v) is 42.6. The second kappa shape index (κ2) is 21.3. The van der Waals surface area contributed by atoms with Crippen LogP contribution in [0.3, 0.4) is 0 Å². The number of aliphatic hydroxyl groups excluding tert-OH is 3. The van der Waals surface area contributed by atoms with Gasteiger partial charge in [0.05, 0.1) is 45.6 Å². The molecule has 38 nitrogen and oxygen atoms in total. The summed E-state index contributed by atoms with van der Waals surface area (Å²) in [5.41, 5.74) is 15.9. The third-order valence-electron chi connectivity index (χ3n) is 12.1. The van der Waals surface area contributed by atoms with Crippen molar-refractivity contribution in [2.75, 3.05) is 50.7 Å². The van der Waals surface area contributed by atoms with Crippen molar-refractivity contribution in [3.63, 3.8) is 0 Å². The molecule has 3 aliphatic heterocycles. The molecule has 6 aromatic heterocycles. The van der Waals surface area contributed by atoms with Crippen molar-refractivity contribution >= 4 is 82.5 Å². The number of imidazole rings is 3. The van der Waals surface area contributed by atoms with Crippen LogP contribution in [-0.4, -0.2) is 165 Å². The Hall–Kier alpha value is -5.11. The number of ether oxygens (including phenoxy) is 4. The molecule has 0 radical (unpaired) electrons. The van der Waals surface area contributed by atoms with Gasteiger partial charge in [-0.2, -0.15) is 23.2 Å².